The maximum absolute atomic E-state index is 13.7. The summed E-state index contributed by atoms with van der Waals surface area (Å²) in [4.78, 5) is 59.0. The van der Waals surface area contributed by atoms with E-state index in [-0.39, 0.29) is 24.8 Å². The molecule has 0 radical (unpaired) electrons. The zero-order valence-corrected chi connectivity index (χ0v) is 26.2. The van der Waals surface area contributed by atoms with Crippen molar-refractivity contribution in [2.24, 2.45) is 0 Å². The van der Waals surface area contributed by atoms with Crippen LogP contribution in [0.5, 0.6) is 5.75 Å². The average molecular weight is 640 g/mol. The second-order valence-corrected chi connectivity index (χ2v) is 10.8. The van der Waals surface area contributed by atoms with Crippen molar-refractivity contribution >= 4 is 46.5 Å². The number of methoxy groups -OCH3 is 1. The smallest absolute Gasteiger partial charge is 0.409 e. The summed E-state index contributed by atoms with van der Waals surface area (Å²) < 4.78 is 15.8. The van der Waals surface area contributed by atoms with Crippen LogP contribution >= 0.6 is 11.6 Å². The number of aromatic nitrogens is 1. The second kappa shape index (κ2) is 16.5. The maximum atomic E-state index is 13.7. The molecule has 1 fully saturated rings. The van der Waals surface area contributed by atoms with Crippen LogP contribution in [0.4, 0.5) is 9.59 Å². The fourth-order valence-corrected chi connectivity index (χ4v) is 5.13. The first kappa shape index (κ1) is 33.3. The number of carbonyl (C=O) groups is 4. The Balaban J connectivity index is 1.36. The zero-order valence-electron chi connectivity index (χ0n) is 25.4. The molecule has 13 heteroatoms. The number of para-hydroxylation sites is 1. The molecule has 1 unspecified atom stereocenters. The first-order valence-electron chi connectivity index (χ1n) is 14.9. The number of ether oxygens (including phenoxy) is 3. The van der Waals surface area contributed by atoms with E-state index in [0.29, 0.717) is 73.8 Å². The van der Waals surface area contributed by atoms with Gasteiger partial charge in [0.15, 0.2) is 0 Å². The van der Waals surface area contributed by atoms with Crippen LogP contribution < -0.4 is 15.4 Å². The van der Waals surface area contributed by atoms with E-state index in [1.54, 1.807) is 47.1 Å². The molecule has 2 heterocycles. The predicted molar refractivity (Wildman–Crippen MR) is 168 cm³/mol. The summed E-state index contributed by atoms with van der Waals surface area (Å²) in [5.74, 6) is -0.272. The van der Waals surface area contributed by atoms with Crippen molar-refractivity contribution in [3.8, 4) is 5.75 Å². The standard InChI is InChI=1S/C32H38ClN5O7/c1-3-44-32(42)38-18-16-37(17-19-38)30(40)26(14-8-9-15-34-31(41)45-21-22-10-4-6-12-24(22)33)36-29(39)27-20-28(43-2)23-11-5-7-13-25(23)35-27/h4-7,10-13,20,26H,3,8-9,14-19,21H2,1-2H3,(H,34,41)(H,36,39). The van der Waals surface area contributed by atoms with Gasteiger partial charge in [-0.3, -0.25) is 9.59 Å². The summed E-state index contributed by atoms with van der Waals surface area (Å²) in [6.45, 7) is 3.65. The third-order valence-corrected chi connectivity index (χ3v) is 7.73. The summed E-state index contributed by atoms with van der Waals surface area (Å²) in [5, 5.41) is 6.85. The molecule has 2 aromatic carbocycles. The van der Waals surface area contributed by atoms with E-state index in [1.165, 1.54) is 7.11 Å². The number of benzene rings is 2. The largest absolute Gasteiger partial charge is 0.496 e. The van der Waals surface area contributed by atoms with Crippen LogP contribution in [-0.2, 0) is 20.9 Å². The van der Waals surface area contributed by atoms with Crippen molar-refractivity contribution in [2.45, 2.75) is 38.8 Å². The lowest BCUT2D eigenvalue weighted by Crippen LogP contribution is -2.56. The van der Waals surface area contributed by atoms with Crippen LogP contribution in [0.2, 0.25) is 5.02 Å². The number of unbranched alkanes of at least 4 members (excludes halogenated alkanes) is 1. The summed E-state index contributed by atoms with van der Waals surface area (Å²) >= 11 is 6.11. The van der Waals surface area contributed by atoms with E-state index in [2.05, 4.69) is 15.6 Å². The fourth-order valence-electron chi connectivity index (χ4n) is 4.94. The van der Waals surface area contributed by atoms with E-state index in [0.717, 1.165) is 5.39 Å². The van der Waals surface area contributed by atoms with Gasteiger partial charge in [0, 0.05) is 54.8 Å². The Labute approximate surface area is 266 Å². The van der Waals surface area contributed by atoms with Gasteiger partial charge in [-0.15, -0.1) is 0 Å². The lowest BCUT2D eigenvalue weighted by molar-refractivity contribution is -0.135. The Morgan fingerprint density at radius 3 is 2.40 bits per heavy atom. The van der Waals surface area contributed by atoms with Crippen molar-refractivity contribution < 1.29 is 33.4 Å². The molecule has 3 aromatic rings. The number of pyridine rings is 1. The number of nitrogens with zero attached hydrogens (tertiary/aromatic N) is 3. The number of hydrogen-bond donors (Lipinski definition) is 2. The minimum Gasteiger partial charge on any atom is -0.496 e. The van der Waals surface area contributed by atoms with Gasteiger partial charge in [-0.2, -0.15) is 0 Å². The molecule has 4 amide bonds. The highest BCUT2D eigenvalue weighted by molar-refractivity contribution is 6.31. The van der Waals surface area contributed by atoms with Crippen LogP contribution in [0.25, 0.3) is 10.9 Å². The lowest BCUT2D eigenvalue weighted by Gasteiger charge is -2.36. The molecular formula is C32H38ClN5O7. The Morgan fingerprint density at radius 1 is 0.956 bits per heavy atom. The molecule has 0 aliphatic carbocycles. The predicted octanol–water partition coefficient (Wildman–Crippen LogP) is 4.39. The van der Waals surface area contributed by atoms with Crippen LogP contribution in [0, 0.1) is 0 Å². The number of piperazine rings is 1. The average Bonchev–Trinajstić information content (AvgIpc) is 3.06. The van der Waals surface area contributed by atoms with Crippen molar-refractivity contribution in [3.05, 3.63) is 70.9 Å². The molecule has 1 aromatic heterocycles. The number of rotatable bonds is 12. The number of hydrogen-bond acceptors (Lipinski definition) is 8. The highest BCUT2D eigenvalue weighted by Gasteiger charge is 2.31. The van der Waals surface area contributed by atoms with Gasteiger partial charge in [-0.25, -0.2) is 14.6 Å². The first-order valence-corrected chi connectivity index (χ1v) is 15.3. The lowest BCUT2D eigenvalue weighted by atomic mass is 10.1. The maximum Gasteiger partial charge on any atom is 0.409 e. The molecule has 2 N–H and O–H groups in total. The van der Waals surface area contributed by atoms with Crippen molar-refractivity contribution in [3.63, 3.8) is 0 Å². The van der Waals surface area contributed by atoms with E-state index in [9.17, 15) is 19.2 Å². The second-order valence-electron chi connectivity index (χ2n) is 10.4. The molecule has 0 saturated carbocycles. The molecule has 0 spiro atoms. The summed E-state index contributed by atoms with van der Waals surface area (Å²) in [7, 11) is 1.52. The number of alkyl carbamates (subject to hydrolysis) is 1. The van der Waals surface area contributed by atoms with E-state index < -0.39 is 24.1 Å². The summed E-state index contributed by atoms with van der Waals surface area (Å²) in [6.07, 6.45) is 0.400. The fraction of sp³-hybridized carbons (Fsp3) is 0.406. The van der Waals surface area contributed by atoms with Crippen LogP contribution in [-0.4, -0.2) is 91.3 Å². The first-order chi connectivity index (χ1) is 21.8. The van der Waals surface area contributed by atoms with Crippen molar-refractivity contribution in [1.82, 2.24) is 25.4 Å². The zero-order chi connectivity index (χ0) is 32.2. The van der Waals surface area contributed by atoms with Crippen molar-refractivity contribution in [2.75, 3.05) is 46.4 Å². The Hall–Kier alpha value is -4.58. The molecule has 45 heavy (non-hydrogen) atoms. The third-order valence-electron chi connectivity index (χ3n) is 7.36. The minimum absolute atomic E-state index is 0.0468. The molecule has 1 atom stereocenters. The van der Waals surface area contributed by atoms with Gasteiger partial charge in [-0.05, 0) is 44.4 Å². The number of nitrogens with one attached hydrogen (secondary N) is 2. The van der Waals surface area contributed by atoms with Gasteiger partial charge in [-0.1, -0.05) is 41.9 Å². The van der Waals surface area contributed by atoms with Crippen LogP contribution in [0.15, 0.2) is 54.6 Å². The number of carbonyl (C=O) groups excluding carboxylic acids is 4. The minimum atomic E-state index is -0.849. The topological polar surface area (TPSA) is 139 Å². The number of fused-ring (bicyclic) bond motifs is 1. The van der Waals surface area contributed by atoms with Gasteiger partial charge < -0.3 is 34.6 Å². The van der Waals surface area contributed by atoms with Gasteiger partial charge >= 0.3 is 12.2 Å². The Bertz CT molecular complexity index is 1500. The van der Waals surface area contributed by atoms with E-state index in [4.69, 9.17) is 25.8 Å². The quantitative estimate of drug-likeness (QED) is 0.278. The molecule has 12 nitrogen and oxygen atoms in total. The third kappa shape index (κ3) is 9.21. The summed E-state index contributed by atoms with van der Waals surface area (Å²) in [5.41, 5.74) is 1.42. The van der Waals surface area contributed by atoms with Gasteiger partial charge in [0.2, 0.25) is 5.91 Å². The highest BCUT2D eigenvalue weighted by Crippen LogP contribution is 2.25. The van der Waals surface area contributed by atoms with Gasteiger partial charge in [0.05, 0.1) is 19.2 Å². The molecule has 1 saturated heterocycles. The van der Waals surface area contributed by atoms with Crippen LogP contribution in [0.3, 0.4) is 0 Å². The van der Waals surface area contributed by atoms with Gasteiger partial charge in [0.1, 0.15) is 24.1 Å². The number of halogens is 1. The van der Waals surface area contributed by atoms with Crippen LogP contribution in [0.1, 0.15) is 42.2 Å². The van der Waals surface area contributed by atoms with E-state index >= 15 is 0 Å². The monoisotopic (exact) mass is 639 g/mol. The van der Waals surface area contributed by atoms with Crippen molar-refractivity contribution in [1.29, 1.82) is 0 Å². The molecule has 4 rings (SSSR count). The molecular weight excluding hydrogens is 602 g/mol. The molecule has 1 aliphatic rings. The molecule has 0 bridgehead atoms. The number of amides is 4. The van der Waals surface area contributed by atoms with Gasteiger partial charge in [0.25, 0.3) is 5.91 Å². The van der Waals surface area contributed by atoms with E-state index in [1.807, 2.05) is 24.3 Å². The SMILES string of the molecule is CCOC(=O)N1CCN(C(=O)C(CCCCNC(=O)OCc2ccccc2Cl)NC(=O)c2cc(OC)c3ccccc3n2)CC1. The highest BCUT2D eigenvalue weighted by atomic mass is 35.5. The normalized spacial score (nSPS) is 13.6. The Kier molecular flexibility index (Phi) is 12.2. The Morgan fingerprint density at radius 2 is 1.67 bits per heavy atom. The molecule has 1 aliphatic heterocycles. The summed E-state index contributed by atoms with van der Waals surface area (Å²) in [6, 6.07) is 15.1. The molecule has 240 valence electrons.